The Morgan fingerprint density at radius 2 is 2.06 bits per heavy atom. The molecule has 0 atom stereocenters. The van der Waals surface area contributed by atoms with Gasteiger partial charge in [0.1, 0.15) is 10.4 Å². The van der Waals surface area contributed by atoms with Gasteiger partial charge in [0.15, 0.2) is 0 Å². The molecule has 6 nitrogen and oxygen atoms in total. The van der Waals surface area contributed by atoms with Crippen molar-refractivity contribution in [2.45, 2.75) is 24.0 Å². The first kappa shape index (κ1) is 23.4. The van der Waals surface area contributed by atoms with Gasteiger partial charge in [-0.3, -0.25) is 4.79 Å². The Balaban J connectivity index is 1.55. The number of benzene rings is 1. The van der Waals surface area contributed by atoms with Crippen molar-refractivity contribution < 1.29 is 18.0 Å². The van der Waals surface area contributed by atoms with Crippen LogP contribution in [0, 0.1) is 0 Å². The normalized spacial score (nSPS) is 16.1. The summed E-state index contributed by atoms with van der Waals surface area (Å²) in [7, 11) is 1.68. The number of hydrogen-bond acceptors (Lipinski definition) is 7. The van der Waals surface area contributed by atoms with Crippen LogP contribution in [0.1, 0.15) is 26.4 Å². The van der Waals surface area contributed by atoms with Gasteiger partial charge in [-0.05, 0) is 42.3 Å². The number of nitrogens with one attached hydrogen (secondary N) is 2. The predicted molar refractivity (Wildman–Crippen MR) is 128 cm³/mol. The Labute approximate surface area is 206 Å². The van der Waals surface area contributed by atoms with Crippen molar-refractivity contribution in [3.05, 3.63) is 51.0 Å². The lowest BCUT2D eigenvalue weighted by Gasteiger charge is -2.19. The summed E-state index contributed by atoms with van der Waals surface area (Å²) >= 11 is 8.89. The predicted octanol–water partition coefficient (Wildman–Crippen LogP) is 5.44. The molecule has 2 aromatic heterocycles. The smallest absolute Gasteiger partial charge is 0.340 e. The third-order valence-corrected chi connectivity index (χ3v) is 8.26. The van der Waals surface area contributed by atoms with E-state index in [2.05, 4.69) is 20.6 Å². The molecule has 0 fully saturated rings. The maximum Gasteiger partial charge on any atom is 0.420 e. The minimum atomic E-state index is -4.65. The van der Waals surface area contributed by atoms with Gasteiger partial charge < -0.3 is 15.5 Å². The standard InChI is InChI=1S/C22H19ClF3N5OS2/c1-31-4-5-33-17-8-16(34-19(17)20(31)32)18-13(22(24,25)26)10-28-21(30-18)29-15-7-11-2-3-27-9-12(11)6-14(15)23/h6-8,10,27H,2-5,9H2,1H3,(H,28,29,30). The Hall–Kier alpha value is -2.34. The minimum Gasteiger partial charge on any atom is -0.340 e. The molecule has 1 aromatic carbocycles. The van der Waals surface area contributed by atoms with Gasteiger partial charge in [0, 0.05) is 37.0 Å². The number of hydrogen-bond donors (Lipinski definition) is 2. The highest BCUT2D eigenvalue weighted by atomic mass is 35.5. The molecular weight excluding hydrogens is 507 g/mol. The molecule has 0 aliphatic carbocycles. The molecule has 2 aliphatic rings. The molecule has 2 N–H and O–H groups in total. The first-order chi connectivity index (χ1) is 16.2. The van der Waals surface area contributed by atoms with Crippen LogP contribution in [-0.2, 0) is 19.1 Å². The number of carbonyl (C=O) groups is 1. The summed E-state index contributed by atoms with van der Waals surface area (Å²) in [5.74, 6) is 0.464. The van der Waals surface area contributed by atoms with Gasteiger partial charge >= 0.3 is 6.18 Å². The van der Waals surface area contributed by atoms with Gasteiger partial charge in [0.25, 0.3) is 5.91 Å². The van der Waals surface area contributed by atoms with E-state index in [1.165, 1.54) is 11.8 Å². The molecule has 0 radical (unpaired) electrons. The van der Waals surface area contributed by atoms with Crippen molar-refractivity contribution in [1.29, 1.82) is 0 Å². The van der Waals surface area contributed by atoms with Crippen molar-refractivity contribution >= 4 is 52.2 Å². The van der Waals surface area contributed by atoms with E-state index in [0.717, 1.165) is 41.6 Å². The second-order valence-corrected chi connectivity index (χ2v) is 10.6. The van der Waals surface area contributed by atoms with Gasteiger partial charge in [-0.1, -0.05) is 11.6 Å². The quantitative estimate of drug-likeness (QED) is 0.474. The highest BCUT2D eigenvalue weighted by Gasteiger charge is 2.37. The van der Waals surface area contributed by atoms with Crippen LogP contribution >= 0.6 is 34.7 Å². The molecule has 0 unspecified atom stereocenters. The zero-order valence-electron chi connectivity index (χ0n) is 17.9. The molecular formula is C22H19ClF3N5OS2. The molecule has 34 heavy (non-hydrogen) atoms. The maximum absolute atomic E-state index is 13.8. The second-order valence-electron chi connectivity index (χ2n) is 7.99. The molecule has 3 aromatic rings. The number of amides is 1. The summed E-state index contributed by atoms with van der Waals surface area (Å²) in [6.07, 6.45) is -3.06. The Morgan fingerprint density at radius 3 is 2.85 bits per heavy atom. The van der Waals surface area contributed by atoms with Crippen LogP contribution in [0.15, 0.2) is 29.3 Å². The largest absolute Gasteiger partial charge is 0.420 e. The summed E-state index contributed by atoms with van der Waals surface area (Å²) in [5, 5.41) is 6.69. The fourth-order valence-corrected chi connectivity index (χ4v) is 6.54. The number of nitrogens with zero attached hydrogens (tertiary/aromatic N) is 3. The lowest BCUT2D eigenvalue weighted by Crippen LogP contribution is -2.26. The van der Waals surface area contributed by atoms with Crippen LogP contribution in [0.25, 0.3) is 10.6 Å². The number of anilines is 2. The number of fused-ring (bicyclic) bond motifs is 2. The average molecular weight is 526 g/mol. The number of carbonyl (C=O) groups excluding carboxylic acids is 1. The third-order valence-electron chi connectivity index (χ3n) is 5.67. The van der Waals surface area contributed by atoms with Crippen molar-refractivity contribution in [1.82, 2.24) is 20.2 Å². The zero-order chi connectivity index (χ0) is 24.0. The van der Waals surface area contributed by atoms with Crippen molar-refractivity contribution in [3.8, 4) is 10.6 Å². The van der Waals surface area contributed by atoms with Crippen molar-refractivity contribution in [3.63, 3.8) is 0 Å². The molecule has 12 heteroatoms. The summed E-state index contributed by atoms with van der Waals surface area (Å²) in [6.45, 7) is 2.13. The van der Waals surface area contributed by atoms with Crippen LogP contribution in [0.5, 0.6) is 0 Å². The lowest BCUT2D eigenvalue weighted by atomic mass is 10.0. The van der Waals surface area contributed by atoms with Gasteiger partial charge in [-0.2, -0.15) is 13.2 Å². The molecule has 5 rings (SSSR count). The van der Waals surface area contributed by atoms with Crippen LogP contribution in [0.3, 0.4) is 0 Å². The number of thiophene rings is 1. The van der Waals surface area contributed by atoms with Crippen molar-refractivity contribution in [2.75, 3.05) is 31.2 Å². The van der Waals surface area contributed by atoms with E-state index in [0.29, 0.717) is 39.3 Å². The van der Waals surface area contributed by atoms with E-state index >= 15 is 0 Å². The van der Waals surface area contributed by atoms with E-state index in [4.69, 9.17) is 11.6 Å². The zero-order valence-corrected chi connectivity index (χ0v) is 20.3. The number of rotatable bonds is 3. The van der Waals surface area contributed by atoms with Crippen LogP contribution in [0.4, 0.5) is 24.8 Å². The van der Waals surface area contributed by atoms with Crippen molar-refractivity contribution in [2.24, 2.45) is 0 Å². The Morgan fingerprint density at radius 1 is 1.24 bits per heavy atom. The first-order valence-corrected chi connectivity index (χ1v) is 12.6. The summed E-state index contributed by atoms with van der Waals surface area (Å²) in [4.78, 5) is 23.7. The van der Waals surface area contributed by atoms with E-state index < -0.39 is 11.7 Å². The summed E-state index contributed by atoms with van der Waals surface area (Å²) in [6, 6.07) is 5.34. The van der Waals surface area contributed by atoms with E-state index in [1.54, 1.807) is 18.0 Å². The molecule has 0 bridgehead atoms. The minimum absolute atomic E-state index is 0.00141. The molecule has 0 saturated carbocycles. The first-order valence-electron chi connectivity index (χ1n) is 10.5. The summed E-state index contributed by atoms with van der Waals surface area (Å²) in [5.41, 5.74) is 1.50. The molecule has 0 saturated heterocycles. The molecule has 1 amide bonds. The van der Waals surface area contributed by atoms with E-state index in [-0.39, 0.29) is 22.4 Å². The fourth-order valence-electron chi connectivity index (χ4n) is 3.87. The lowest BCUT2D eigenvalue weighted by molar-refractivity contribution is -0.137. The van der Waals surface area contributed by atoms with Gasteiger partial charge in [0.2, 0.25) is 5.95 Å². The van der Waals surface area contributed by atoms with E-state index in [9.17, 15) is 18.0 Å². The number of aromatic nitrogens is 2. The van der Waals surface area contributed by atoms with Gasteiger partial charge in [0.05, 0.1) is 21.3 Å². The highest BCUT2D eigenvalue weighted by Crippen LogP contribution is 2.43. The topological polar surface area (TPSA) is 70.2 Å². The Kier molecular flexibility index (Phi) is 6.21. The average Bonchev–Trinajstić information content (AvgIpc) is 3.17. The van der Waals surface area contributed by atoms with Crippen LogP contribution < -0.4 is 10.6 Å². The summed E-state index contributed by atoms with van der Waals surface area (Å²) < 4.78 is 41.5. The number of alkyl halides is 3. The van der Waals surface area contributed by atoms with E-state index in [1.807, 2.05) is 12.1 Å². The highest BCUT2D eigenvalue weighted by molar-refractivity contribution is 7.99. The third kappa shape index (κ3) is 4.49. The number of thioether (sulfide) groups is 1. The SMILES string of the molecule is CN1CCSc2cc(-c3nc(Nc4cc5c(cc4Cl)CNCC5)ncc3C(F)(F)F)sc2C1=O. The second kappa shape index (κ2) is 9.03. The maximum atomic E-state index is 13.8. The molecule has 4 heterocycles. The Bertz CT molecular complexity index is 1280. The number of halogens is 4. The molecule has 0 spiro atoms. The van der Waals surface area contributed by atoms with Gasteiger partial charge in [-0.15, -0.1) is 23.1 Å². The van der Waals surface area contributed by atoms with Gasteiger partial charge in [-0.25, -0.2) is 9.97 Å². The van der Waals surface area contributed by atoms with Crippen LogP contribution in [-0.4, -0.2) is 46.7 Å². The fraction of sp³-hybridized carbons (Fsp3) is 0.318. The molecule has 2 aliphatic heterocycles. The van der Waals surface area contributed by atoms with Crippen LogP contribution in [0.2, 0.25) is 5.02 Å². The molecule has 178 valence electrons. The monoisotopic (exact) mass is 525 g/mol.